The molecule has 5 rings (SSSR count). The Labute approximate surface area is 147 Å². The van der Waals surface area contributed by atoms with Crippen LogP contribution in [0.1, 0.15) is 16.8 Å². The molecule has 1 aliphatic heterocycles. The number of halogens is 1. The van der Waals surface area contributed by atoms with Gasteiger partial charge in [0.15, 0.2) is 0 Å². The van der Waals surface area contributed by atoms with Gasteiger partial charge in [-0.25, -0.2) is 4.98 Å². The second kappa shape index (κ2) is 5.30. The molecule has 0 fully saturated rings. The van der Waals surface area contributed by atoms with Gasteiger partial charge in [0.05, 0.1) is 44.4 Å². The predicted molar refractivity (Wildman–Crippen MR) is 99.7 cm³/mol. The Kier molecular flexibility index (Phi) is 3.08. The first-order valence-corrected chi connectivity index (χ1v) is 8.90. The van der Waals surface area contributed by atoms with Crippen LogP contribution in [0.25, 0.3) is 15.9 Å². The minimum absolute atomic E-state index is 0.619. The number of hydrogen-bond donors (Lipinski definition) is 0. The van der Waals surface area contributed by atoms with Crippen molar-refractivity contribution in [1.29, 1.82) is 0 Å². The van der Waals surface area contributed by atoms with Gasteiger partial charge in [-0.3, -0.25) is 4.99 Å². The van der Waals surface area contributed by atoms with Gasteiger partial charge >= 0.3 is 0 Å². The molecule has 116 valence electrons. The first-order valence-electron chi connectivity index (χ1n) is 7.65. The number of hydrogen-bond acceptors (Lipinski definition) is 3. The molecular formula is C19H12ClN3S. The number of thiazole rings is 1. The molecule has 4 aromatic rings. The lowest BCUT2D eigenvalue weighted by Crippen LogP contribution is -2.08. The standard InChI is InChI=1S/C19H12ClN3S/c20-14-4-1-3-13-10-21-18(16-5-2-8-23(16)19(13)14)12-6-7-15-17(9-12)24-11-22-15/h1-9,11H,10H2. The van der Waals surface area contributed by atoms with E-state index in [1.807, 2.05) is 29.9 Å². The highest BCUT2D eigenvalue weighted by molar-refractivity contribution is 7.16. The summed E-state index contributed by atoms with van der Waals surface area (Å²) in [5, 5.41) is 0.749. The average molecular weight is 350 g/mol. The third-order valence-corrected chi connectivity index (χ3v) is 5.41. The molecule has 2 aromatic heterocycles. The third kappa shape index (κ3) is 2.04. The van der Waals surface area contributed by atoms with Crippen LogP contribution in [0.5, 0.6) is 0 Å². The SMILES string of the molecule is Clc1cccc2c1-n1cccc1C(c1ccc3ncsc3c1)=NC2. The molecule has 24 heavy (non-hydrogen) atoms. The van der Waals surface area contributed by atoms with Crippen molar-refractivity contribution in [2.75, 3.05) is 0 Å². The van der Waals surface area contributed by atoms with E-state index in [9.17, 15) is 0 Å². The summed E-state index contributed by atoms with van der Waals surface area (Å²) in [7, 11) is 0. The van der Waals surface area contributed by atoms with Gasteiger partial charge in [-0.15, -0.1) is 11.3 Å². The van der Waals surface area contributed by atoms with Crippen molar-refractivity contribution in [3.8, 4) is 5.69 Å². The zero-order chi connectivity index (χ0) is 16.1. The molecule has 5 heteroatoms. The van der Waals surface area contributed by atoms with E-state index in [0.717, 1.165) is 38.8 Å². The van der Waals surface area contributed by atoms with Crippen LogP contribution in [-0.4, -0.2) is 15.3 Å². The fourth-order valence-corrected chi connectivity index (χ4v) is 4.21. The van der Waals surface area contributed by atoms with E-state index >= 15 is 0 Å². The summed E-state index contributed by atoms with van der Waals surface area (Å²) in [6.07, 6.45) is 2.05. The number of fused-ring (bicyclic) bond motifs is 4. The van der Waals surface area contributed by atoms with E-state index in [0.29, 0.717) is 6.54 Å². The number of aromatic nitrogens is 2. The van der Waals surface area contributed by atoms with Gasteiger partial charge in [-0.1, -0.05) is 29.8 Å². The van der Waals surface area contributed by atoms with Gasteiger partial charge in [0.25, 0.3) is 0 Å². The van der Waals surface area contributed by atoms with Gasteiger partial charge < -0.3 is 4.57 Å². The molecule has 1 aliphatic rings. The quantitative estimate of drug-likeness (QED) is 0.470. The Bertz CT molecular complexity index is 1110. The van der Waals surface area contributed by atoms with Crippen molar-refractivity contribution in [1.82, 2.24) is 9.55 Å². The van der Waals surface area contributed by atoms with Gasteiger partial charge in [0, 0.05) is 11.8 Å². The van der Waals surface area contributed by atoms with Crippen LogP contribution >= 0.6 is 22.9 Å². The second-order valence-electron chi connectivity index (χ2n) is 5.71. The van der Waals surface area contributed by atoms with Crippen molar-refractivity contribution in [2.45, 2.75) is 6.54 Å². The summed E-state index contributed by atoms with van der Waals surface area (Å²) in [5.41, 5.74) is 8.22. The Morgan fingerprint density at radius 2 is 2.04 bits per heavy atom. The van der Waals surface area contributed by atoms with E-state index in [4.69, 9.17) is 16.6 Å². The molecule has 0 unspecified atom stereocenters. The highest BCUT2D eigenvalue weighted by Crippen LogP contribution is 2.31. The van der Waals surface area contributed by atoms with Crippen molar-refractivity contribution < 1.29 is 0 Å². The van der Waals surface area contributed by atoms with Crippen LogP contribution < -0.4 is 0 Å². The summed E-state index contributed by atoms with van der Waals surface area (Å²) < 4.78 is 3.31. The molecule has 0 saturated carbocycles. The molecule has 0 radical (unpaired) electrons. The molecule has 0 atom stereocenters. The van der Waals surface area contributed by atoms with E-state index in [1.165, 1.54) is 4.70 Å². The Hall–Kier alpha value is -2.43. The summed E-state index contributed by atoms with van der Waals surface area (Å²) in [4.78, 5) is 9.26. The van der Waals surface area contributed by atoms with Crippen LogP contribution in [0.4, 0.5) is 0 Å². The zero-order valence-electron chi connectivity index (χ0n) is 12.6. The Morgan fingerprint density at radius 1 is 1.08 bits per heavy atom. The van der Waals surface area contributed by atoms with E-state index in [1.54, 1.807) is 11.3 Å². The highest BCUT2D eigenvalue weighted by atomic mass is 35.5. The van der Waals surface area contributed by atoms with Crippen LogP contribution in [0.2, 0.25) is 5.02 Å². The molecule has 3 heterocycles. The Morgan fingerprint density at radius 3 is 3.00 bits per heavy atom. The number of para-hydroxylation sites is 1. The fraction of sp³-hybridized carbons (Fsp3) is 0.0526. The molecule has 0 N–H and O–H groups in total. The van der Waals surface area contributed by atoms with E-state index in [2.05, 4.69) is 39.9 Å². The molecule has 0 bridgehead atoms. The van der Waals surface area contributed by atoms with Crippen molar-refractivity contribution in [2.24, 2.45) is 4.99 Å². The lowest BCUT2D eigenvalue weighted by Gasteiger charge is -2.12. The van der Waals surface area contributed by atoms with E-state index < -0.39 is 0 Å². The van der Waals surface area contributed by atoms with Gasteiger partial charge in [-0.2, -0.15) is 0 Å². The molecule has 0 aliphatic carbocycles. The highest BCUT2D eigenvalue weighted by Gasteiger charge is 2.20. The number of nitrogens with zero attached hydrogens (tertiary/aromatic N) is 3. The van der Waals surface area contributed by atoms with Crippen LogP contribution in [0, 0.1) is 0 Å². The lowest BCUT2D eigenvalue weighted by molar-refractivity contribution is 1.02. The van der Waals surface area contributed by atoms with Crippen LogP contribution in [0.3, 0.4) is 0 Å². The predicted octanol–water partition coefficient (Wildman–Crippen LogP) is 5.09. The fourth-order valence-electron chi connectivity index (χ4n) is 3.21. The smallest absolute Gasteiger partial charge is 0.0891 e. The van der Waals surface area contributed by atoms with E-state index in [-0.39, 0.29) is 0 Å². The van der Waals surface area contributed by atoms with Crippen LogP contribution in [-0.2, 0) is 6.54 Å². The van der Waals surface area contributed by atoms with Crippen molar-refractivity contribution in [3.05, 3.63) is 82.1 Å². The summed E-state index contributed by atoms with van der Waals surface area (Å²) >= 11 is 8.13. The molecule has 0 amide bonds. The molecule has 3 nitrogen and oxygen atoms in total. The number of rotatable bonds is 1. The zero-order valence-corrected chi connectivity index (χ0v) is 14.2. The topological polar surface area (TPSA) is 30.2 Å². The summed E-state index contributed by atoms with van der Waals surface area (Å²) in [6.45, 7) is 0.619. The average Bonchev–Trinajstić information content (AvgIpc) is 3.21. The van der Waals surface area contributed by atoms with Crippen LogP contribution in [0.15, 0.2) is 65.2 Å². The molecular weight excluding hydrogens is 338 g/mol. The number of aliphatic imine (C=N–C) groups is 1. The molecule has 0 spiro atoms. The minimum Gasteiger partial charge on any atom is -0.313 e. The maximum absolute atomic E-state index is 6.48. The summed E-state index contributed by atoms with van der Waals surface area (Å²) in [5.74, 6) is 0. The summed E-state index contributed by atoms with van der Waals surface area (Å²) in [6, 6.07) is 16.4. The van der Waals surface area contributed by atoms with Gasteiger partial charge in [0.2, 0.25) is 0 Å². The first-order chi connectivity index (χ1) is 11.8. The maximum atomic E-state index is 6.48. The molecule has 0 saturated heterocycles. The minimum atomic E-state index is 0.619. The third-order valence-electron chi connectivity index (χ3n) is 4.31. The van der Waals surface area contributed by atoms with Crippen molar-refractivity contribution in [3.63, 3.8) is 0 Å². The maximum Gasteiger partial charge on any atom is 0.0891 e. The first kappa shape index (κ1) is 14.0. The normalized spacial score (nSPS) is 13.3. The van der Waals surface area contributed by atoms with Gasteiger partial charge in [0.1, 0.15) is 0 Å². The largest absolute Gasteiger partial charge is 0.313 e. The second-order valence-corrected chi connectivity index (χ2v) is 7.00. The van der Waals surface area contributed by atoms with Gasteiger partial charge in [-0.05, 0) is 35.9 Å². The number of benzene rings is 2. The Balaban J connectivity index is 1.75. The monoisotopic (exact) mass is 349 g/mol. The lowest BCUT2D eigenvalue weighted by atomic mass is 10.1. The van der Waals surface area contributed by atoms with Crippen molar-refractivity contribution >= 4 is 38.9 Å². The molecule has 2 aromatic carbocycles.